The molecule has 6 nitrogen and oxygen atoms in total. The summed E-state index contributed by atoms with van der Waals surface area (Å²) in [4.78, 5) is 13.9. The highest BCUT2D eigenvalue weighted by atomic mass is 16.6. The first-order chi connectivity index (χ1) is 8.35. The van der Waals surface area contributed by atoms with Gasteiger partial charge in [-0.1, -0.05) is 0 Å². The molecule has 1 aliphatic rings. The van der Waals surface area contributed by atoms with E-state index in [0.29, 0.717) is 11.5 Å². The molecule has 0 atom stereocenters. The molecule has 0 aliphatic heterocycles. The van der Waals surface area contributed by atoms with Crippen molar-refractivity contribution in [3.8, 4) is 11.5 Å². The summed E-state index contributed by atoms with van der Waals surface area (Å²) in [5, 5.41) is 10.7. The highest BCUT2D eigenvalue weighted by Crippen LogP contribution is 2.36. The highest BCUT2D eigenvalue weighted by Gasteiger charge is 2.28. The molecule has 1 fully saturated rings. The number of pyridine rings is 1. The summed E-state index contributed by atoms with van der Waals surface area (Å²) in [6.07, 6.45) is 3.56. The Kier molecular flexibility index (Phi) is 3.11. The van der Waals surface area contributed by atoms with Crippen molar-refractivity contribution in [1.82, 2.24) is 4.98 Å². The molecule has 0 spiro atoms. The predicted octanol–water partition coefficient (Wildman–Crippen LogP) is 2.71. The average Bonchev–Trinajstić information content (AvgIpc) is 3.02. The first-order valence-electron chi connectivity index (χ1n) is 5.85. The zero-order valence-electron chi connectivity index (χ0n) is 10.7. The molecule has 2 rings (SSSR count). The topological polar surface area (TPSA) is 74.5 Å². The Balaban J connectivity index is 2.29. The number of hydrogen-bond donors (Lipinski definition) is 0. The Labute approximate surface area is 105 Å². The minimum atomic E-state index is -0.545. The molecule has 0 bridgehead atoms. The fourth-order valence-corrected chi connectivity index (χ4v) is 1.38. The molecule has 6 heteroatoms. The number of nitro groups is 1. The number of ether oxygens (including phenoxy) is 2. The maximum Gasteiger partial charge on any atom is 0.367 e. The van der Waals surface area contributed by atoms with Gasteiger partial charge in [0.15, 0.2) is 11.9 Å². The molecule has 0 saturated heterocycles. The molecule has 1 aromatic rings. The molecular formula is C12H16N2O4. The van der Waals surface area contributed by atoms with Gasteiger partial charge in [0.05, 0.1) is 12.2 Å². The first-order valence-corrected chi connectivity index (χ1v) is 5.85. The zero-order valence-corrected chi connectivity index (χ0v) is 10.7. The van der Waals surface area contributed by atoms with Crippen molar-refractivity contribution < 1.29 is 14.4 Å². The van der Waals surface area contributed by atoms with Crippen molar-refractivity contribution in [2.75, 3.05) is 0 Å². The van der Waals surface area contributed by atoms with Crippen molar-refractivity contribution in [3.63, 3.8) is 0 Å². The summed E-state index contributed by atoms with van der Waals surface area (Å²) in [7, 11) is 0. The molecule has 98 valence electrons. The van der Waals surface area contributed by atoms with Gasteiger partial charge in [-0.25, -0.2) is 0 Å². The van der Waals surface area contributed by atoms with Crippen LogP contribution in [0.1, 0.15) is 33.6 Å². The van der Waals surface area contributed by atoms with Crippen molar-refractivity contribution in [3.05, 3.63) is 22.4 Å². The third-order valence-corrected chi connectivity index (χ3v) is 2.24. The molecule has 0 amide bonds. The second kappa shape index (κ2) is 4.44. The first kappa shape index (κ1) is 12.6. The molecule has 0 N–H and O–H groups in total. The van der Waals surface area contributed by atoms with E-state index in [1.54, 1.807) is 0 Å². The summed E-state index contributed by atoms with van der Waals surface area (Å²) in [5.41, 5.74) is -0.448. The second-order valence-electron chi connectivity index (χ2n) is 5.28. The Morgan fingerprint density at radius 3 is 2.56 bits per heavy atom. The largest absolute Gasteiger partial charge is 0.484 e. The summed E-state index contributed by atoms with van der Waals surface area (Å²) in [6.45, 7) is 5.63. The smallest absolute Gasteiger partial charge is 0.367 e. The highest BCUT2D eigenvalue weighted by molar-refractivity contribution is 5.43. The SMILES string of the molecule is CC(C)(C)Oc1cc([N+](=O)[O-])ncc1OC1CC1. The molecular weight excluding hydrogens is 236 g/mol. The number of hydrogen-bond acceptors (Lipinski definition) is 5. The molecule has 0 radical (unpaired) electrons. The van der Waals surface area contributed by atoms with Crippen molar-refractivity contribution in [2.45, 2.75) is 45.3 Å². The lowest BCUT2D eigenvalue weighted by atomic mass is 10.2. The van der Waals surface area contributed by atoms with Gasteiger partial charge < -0.3 is 19.6 Å². The van der Waals surface area contributed by atoms with E-state index in [0.717, 1.165) is 12.8 Å². The van der Waals surface area contributed by atoms with Gasteiger partial charge in [-0.2, -0.15) is 0 Å². The molecule has 1 aliphatic carbocycles. The molecule has 1 heterocycles. The molecule has 0 unspecified atom stereocenters. The maximum atomic E-state index is 10.7. The minimum Gasteiger partial charge on any atom is -0.484 e. The van der Waals surface area contributed by atoms with Gasteiger partial charge >= 0.3 is 5.82 Å². The molecule has 1 saturated carbocycles. The van der Waals surface area contributed by atoms with E-state index in [2.05, 4.69) is 4.98 Å². The van der Waals surface area contributed by atoms with E-state index < -0.39 is 10.5 Å². The quantitative estimate of drug-likeness (QED) is 0.608. The number of aromatic nitrogens is 1. The van der Waals surface area contributed by atoms with Gasteiger partial charge in [-0.15, -0.1) is 0 Å². The van der Waals surface area contributed by atoms with E-state index in [9.17, 15) is 10.1 Å². The Bertz CT molecular complexity index is 464. The maximum absolute atomic E-state index is 10.7. The Morgan fingerprint density at radius 2 is 2.06 bits per heavy atom. The lowest BCUT2D eigenvalue weighted by molar-refractivity contribution is -0.389. The van der Waals surface area contributed by atoms with Crippen molar-refractivity contribution >= 4 is 5.82 Å². The van der Waals surface area contributed by atoms with E-state index in [-0.39, 0.29) is 11.9 Å². The van der Waals surface area contributed by atoms with Gasteiger partial charge in [-0.05, 0) is 43.5 Å². The summed E-state index contributed by atoms with van der Waals surface area (Å²) in [6, 6.07) is 1.31. The van der Waals surface area contributed by atoms with Crippen molar-refractivity contribution in [2.24, 2.45) is 0 Å². The standard InChI is InChI=1S/C12H16N2O4/c1-12(2,3)18-9-6-11(14(15)16)13-7-10(9)17-8-4-5-8/h6-8H,4-5H2,1-3H3. The van der Waals surface area contributed by atoms with Crippen LogP contribution in [0.4, 0.5) is 5.82 Å². The molecule has 0 aromatic carbocycles. The predicted molar refractivity (Wildman–Crippen MR) is 64.9 cm³/mol. The van der Waals surface area contributed by atoms with Crippen LogP contribution in [0, 0.1) is 10.1 Å². The van der Waals surface area contributed by atoms with Gasteiger partial charge in [0, 0.05) is 0 Å². The van der Waals surface area contributed by atoms with Crippen LogP contribution >= 0.6 is 0 Å². The van der Waals surface area contributed by atoms with Gasteiger partial charge in [0.25, 0.3) is 0 Å². The van der Waals surface area contributed by atoms with Gasteiger partial charge in [-0.3, -0.25) is 0 Å². The lowest BCUT2D eigenvalue weighted by Crippen LogP contribution is -2.23. The third-order valence-electron chi connectivity index (χ3n) is 2.24. The summed E-state index contributed by atoms with van der Waals surface area (Å²) in [5.74, 6) is 0.603. The van der Waals surface area contributed by atoms with Crippen LogP contribution in [-0.2, 0) is 0 Å². The molecule has 1 aromatic heterocycles. The minimum absolute atomic E-state index is 0.190. The van der Waals surface area contributed by atoms with Crippen LogP contribution in [0.3, 0.4) is 0 Å². The van der Waals surface area contributed by atoms with Crippen LogP contribution in [0.15, 0.2) is 12.3 Å². The summed E-state index contributed by atoms with van der Waals surface area (Å²) < 4.78 is 11.3. The van der Waals surface area contributed by atoms with Crippen LogP contribution in [0.25, 0.3) is 0 Å². The monoisotopic (exact) mass is 252 g/mol. The number of nitrogens with zero attached hydrogens (tertiary/aromatic N) is 2. The fraction of sp³-hybridized carbons (Fsp3) is 0.583. The normalized spacial score (nSPS) is 15.3. The van der Waals surface area contributed by atoms with E-state index in [4.69, 9.17) is 9.47 Å². The van der Waals surface area contributed by atoms with E-state index in [1.165, 1.54) is 12.3 Å². The zero-order chi connectivity index (χ0) is 13.3. The second-order valence-corrected chi connectivity index (χ2v) is 5.28. The van der Waals surface area contributed by atoms with E-state index >= 15 is 0 Å². The third kappa shape index (κ3) is 3.32. The van der Waals surface area contributed by atoms with Crippen LogP contribution in [0.5, 0.6) is 11.5 Å². The van der Waals surface area contributed by atoms with Gasteiger partial charge in [0.2, 0.25) is 5.75 Å². The van der Waals surface area contributed by atoms with Crippen LogP contribution in [0.2, 0.25) is 0 Å². The van der Waals surface area contributed by atoms with Crippen LogP contribution in [-0.4, -0.2) is 21.6 Å². The lowest BCUT2D eigenvalue weighted by Gasteiger charge is -2.22. The van der Waals surface area contributed by atoms with E-state index in [1.807, 2.05) is 20.8 Å². The van der Waals surface area contributed by atoms with Crippen LogP contribution < -0.4 is 9.47 Å². The molecule has 18 heavy (non-hydrogen) atoms. The fourth-order valence-electron chi connectivity index (χ4n) is 1.38. The average molecular weight is 252 g/mol. The van der Waals surface area contributed by atoms with Crippen molar-refractivity contribution in [1.29, 1.82) is 0 Å². The number of rotatable bonds is 4. The Morgan fingerprint density at radius 1 is 1.39 bits per heavy atom. The summed E-state index contributed by atoms with van der Waals surface area (Å²) >= 11 is 0. The Hall–Kier alpha value is -1.85. The van der Waals surface area contributed by atoms with Gasteiger partial charge in [0.1, 0.15) is 5.60 Å².